The van der Waals surface area contributed by atoms with Gasteiger partial charge in [-0.05, 0) is 6.92 Å². The Labute approximate surface area is 74.2 Å². The summed E-state index contributed by atoms with van der Waals surface area (Å²) in [6.45, 7) is 1.72. The van der Waals surface area contributed by atoms with Crippen molar-refractivity contribution in [3.63, 3.8) is 0 Å². The summed E-state index contributed by atoms with van der Waals surface area (Å²) in [5.74, 6) is -1.16. The van der Waals surface area contributed by atoms with Crippen molar-refractivity contribution in [1.82, 2.24) is 10.6 Å². The molecule has 5 nitrogen and oxygen atoms in total. The standard InChI is InChI=1S/C8H8N2O3/c1-3-6-4(7(12)9-3)2-5(11)10-8(6)13/h3H,2H2,1H3,(H,9,12)(H,10,11,13)/t3-/m0/s1. The summed E-state index contributed by atoms with van der Waals surface area (Å²) >= 11 is 0. The van der Waals surface area contributed by atoms with Crippen LogP contribution in [0.5, 0.6) is 0 Å². The molecule has 0 bridgehead atoms. The summed E-state index contributed by atoms with van der Waals surface area (Å²) in [6.07, 6.45) is 0.0112. The summed E-state index contributed by atoms with van der Waals surface area (Å²) in [6, 6.07) is -0.282. The second kappa shape index (κ2) is 2.42. The minimum atomic E-state index is -0.447. The van der Waals surface area contributed by atoms with E-state index in [2.05, 4.69) is 10.6 Å². The molecular formula is C8H8N2O3. The molecule has 0 fully saturated rings. The predicted octanol–water partition coefficient (Wildman–Crippen LogP) is -1.15. The normalized spacial score (nSPS) is 27.2. The van der Waals surface area contributed by atoms with Crippen LogP contribution in [0, 0.1) is 0 Å². The Morgan fingerprint density at radius 1 is 1.23 bits per heavy atom. The monoisotopic (exact) mass is 180 g/mol. The average molecular weight is 180 g/mol. The van der Waals surface area contributed by atoms with Gasteiger partial charge in [0.25, 0.3) is 5.91 Å². The van der Waals surface area contributed by atoms with Crippen LogP contribution < -0.4 is 10.6 Å². The lowest BCUT2D eigenvalue weighted by molar-refractivity contribution is -0.130. The lowest BCUT2D eigenvalue weighted by atomic mass is 9.99. The first-order valence-corrected chi connectivity index (χ1v) is 3.97. The van der Waals surface area contributed by atoms with Gasteiger partial charge in [-0.15, -0.1) is 0 Å². The van der Waals surface area contributed by atoms with E-state index in [1.54, 1.807) is 6.92 Å². The van der Waals surface area contributed by atoms with Crippen molar-refractivity contribution in [2.75, 3.05) is 0 Å². The maximum Gasteiger partial charge on any atom is 0.256 e. The van der Waals surface area contributed by atoms with Crippen LogP contribution in [0.4, 0.5) is 0 Å². The molecule has 68 valence electrons. The first-order valence-electron chi connectivity index (χ1n) is 3.97. The Hall–Kier alpha value is -1.65. The van der Waals surface area contributed by atoms with E-state index in [1.165, 1.54) is 0 Å². The van der Waals surface area contributed by atoms with E-state index in [-0.39, 0.29) is 18.4 Å². The van der Waals surface area contributed by atoms with Gasteiger partial charge in [0.05, 0.1) is 12.5 Å². The molecule has 2 N–H and O–H groups in total. The third kappa shape index (κ3) is 1.04. The van der Waals surface area contributed by atoms with Crippen molar-refractivity contribution in [3.05, 3.63) is 11.1 Å². The Balaban J connectivity index is 2.48. The molecule has 0 radical (unpaired) electrons. The Morgan fingerprint density at radius 3 is 2.62 bits per heavy atom. The number of hydrogen-bond acceptors (Lipinski definition) is 3. The lowest BCUT2D eigenvalue weighted by Crippen LogP contribution is -2.38. The summed E-state index contributed by atoms with van der Waals surface area (Å²) in [7, 11) is 0. The number of hydrogen-bond donors (Lipinski definition) is 2. The molecule has 2 heterocycles. The SMILES string of the molecule is C[C@@H]1NC(=O)C2=C1C(=O)NC(=O)C2. The van der Waals surface area contributed by atoms with Gasteiger partial charge < -0.3 is 5.32 Å². The molecule has 0 spiro atoms. The maximum absolute atomic E-state index is 11.3. The fourth-order valence-corrected chi connectivity index (χ4v) is 1.65. The molecule has 2 rings (SSSR count). The predicted molar refractivity (Wildman–Crippen MR) is 42.4 cm³/mol. The van der Waals surface area contributed by atoms with E-state index in [0.29, 0.717) is 11.1 Å². The third-order valence-corrected chi connectivity index (χ3v) is 2.21. The van der Waals surface area contributed by atoms with E-state index in [9.17, 15) is 14.4 Å². The van der Waals surface area contributed by atoms with E-state index in [4.69, 9.17) is 0 Å². The van der Waals surface area contributed by atoms with Gasteiger partial charge in [-0.1, -0.05) is 0 Å². The zero-order valence-electron chi connectivity index (χ0n) is 7.01. The van der Waals surface area contributed by atoms with Gasteiger partial charge in [-0.2, -0.15) is 0 Å². The van der Waals surface area contributed by atoms with Crippen LogP contribution in [0.3, 0.4) is 0 Å². The third-order valence-electron chi connectivity index (χ3n) is 2.21. The number of carbonyl (C=O) groups is 3. The molecule has 0 aromatic carbocycles. The number of imide groups is 1. The molecule has 3 amide bonds. The fraction of sp³-hybridized carbons (Fsp3) is 0.375. The summed E-state index contributed by atoms with van der Waals surface area (Å²) in [5, 5.41) is 4.76. The highest BCUT2D eigenvalue weighted by Crippen LogP contribution is 2.23. The van der Waals surface area contributed by atoms with Gasteiger partial charge in [0.15, 0.2) is 0 Å². The smallest absolute Gasteiger partial charge is 0.256 e. The van der Waals surface area contributed by atoms with Crippen LogP contribution in [0.1, 0.15) is 13.3 Å². The Morgan fingerprint density at radius 2 is 1.92 bits per heavy atom. The second-order valence-corrected chi connectivity index (χ2v) is 3.14. The lowest BCUT2D eigenvalue weighted by Gasteiger charge is -2.13. The summed E-state index contributed by atoms with van der Waals surface area (Å²) in [4.78, 5) is 33.4. The van der Waals surface area contributed by atoms with Gasteiger partial charge in [-0.25, -0.2) is 0 Å². The fourth-order valence-electron chi connectivity index (χ4n) is 1.65. The molecule has 0 unspecified atom stereocenters. The zero-order chi connectivity index (χ0) is 9.59. The van der Waals surface area contributed by atoms with E-state index < -0.39 is 11.8 Å². The number of amides is 3. The second-order valence-electron chi connectivity index (χ2n) is 3.14. The van der Waals surface area contributed by atoms with Crippen LogP contribution >= 0.6 is 0 Å². The number of carbonyl (C=O) groups excluding carboxylic acids is 3. The van der Waals surface area contributed by atoms with Crippen molar-refractivity contribution < 1.29 is 14.4 Å². The average Bonchev–Trinajstić information content (AvgIpc) is 2.27. The molecule has 0 saturated carbocycles. The van der Waals surface area contributed by atoms with Gasteiger partial charge >= 0.3 is 0 Å². The van der Waals surface area contributed by atoms with Crippen molar-refractivity contribution in [2.45, 2.75) is 19.4 Å². The molecule has 0 aromatic rings. The van der Waals surface area contributed by atoms with Gasteiger partial charge in [0, 0.05) is 11.1 Å². The summed E-state index contributed by atoms with van der Waals surface area (Å²) in [5.41, 5.74) is 0.728. The molecule has 5 heteroatoms. The van der Waals surface area contributed by atoms with Crippen LogP contribution in [0.25, 0.3) is 0 Å². The highest BCUT2D eigenvalue weighted by atomic mass is 16.2. The first-order chi connectivity index (χ1) is 6.09. The number of rotatable bonds is 0. The minimum Gasteiger partial charge on any atom is -0.346 e. The highest BCUT2D eigenvalue weighted by Gasteiger charge is 2.37. The molecular weight excluding hydrogens is 172 g/mol. The molecule has 2 aliphatic rings. The quantitative estimate of drug-likeness (QED) is 0.462. The maximum atomic E-state index is 11.3. The molecule has 1 atom stereocenters. The van der Waals surface area contributed by atoms with E-state index in [0.717, 1.165) is 0 Å². The topological polar surface area (TPSA) is 75.3 Å². The summed E-state index contributed by atoms with van der Waals surface area (Å²) < 4.78 is 0. The molecule has 0 saturated heterocycles. The van der Waals surface area contributed by atoms with Gasteiger partial charge in [0.1, 0.15) is 0 Å². The number of nitrogens with one attached hydrogen (secondary N) is 2. The molecule has 2 aliphatic heterocycles. The molecule has 0 aromatic heterocycles. The van der Waals surface area contributed by atoms with Crippen molar-refractivity contribution in [3.8, 4) is 0 Å². The van der Waals surface area contributed by atoms with Crippen LogP contribution in [-0.4, -0.2) is 23.8 Å². The first kappa shape index (κ1) is 7.97. The van der Waals surface area contributed by atoms with E-state index in [1.807, 2.05) is 0 Å². The highest BCUT2D eigenvalue weighted by molar-refractivity contribution is 6.18. The van der Waals surface area contributed by atoms with Crippen molar-refractivity contribution in [1.29, 1.82) is 0 Å². The zero-order valence-corrected chi connectivity index (χ0v) is 7.01. The van der Waals surface area contributed by atoms with E-state index >= 15 is 0 Å². The Bertz CT molecular complexity index is 356. The molecule has 0 aliphatic carbocycles. The largest absolute Gasteiger partial charge is 0.346 e. The minimum absolute atomic E-state index is 0.0112. The van der Waals surface area contributed by atoms with Crippen molar-refractivity contribution in [2.24, 2.45) is 0 Å². The van der Waals surface area contributed by atoms with Crippen LogP contribution in [-0.2, 0) is 14.4 Å². The van der Waals surface area contributed by atoms with Gasteiger partial charge in [0.2, 0.25) is 11.8 Å². The van der Waals surface area contributed by atoms with Crippen LogP contribution in [0.15, 0.2) is 11.1 Å². The van der Waals surface area contributed by atoms with Crippen LogP contribution in [0.2, 0.25) is 0 Å². The Kier molecular flexibility index (Phi) is 1.48. The van der Waals surface area contributed by atoms with Crippen molar-refractivity contribution >= 4 is 17.7 Å². The van der Waals surface area contributed by atoms with Gasteiger partial charge in [-0.3, -0.25) is 19.7 Å². The molecule has 13 heavy (non-hydrogen) atoms.